The van der Waals surface area contributed by atoms with Crippen LogP contribution in [0.4, 0.5) is 31.5 Å². The van der Waals surface area contributed by atoms with Crippen LogP contribution >= 0.6 is 11.3 Å². The van der Waals surface area contributed by atoms with Crippen LogP contribution in [0.2, 0.25) is 0 Å². The number of rotatable bonds is 5. The van der Waals surface area contributed by atoms with Crippen LogP contribution in [0, 0.1) is 6.92 Å². The van der Waals surface area contributed by atoms with Gasteiger partial charge in [0.05, 0.1) is 29.5 Å². The highest BCUT2D eigenvalue weighted by molar-refractivity contribution is 7.22. The topological polar surface area (TPSA) is 42.4 Å². The lowest BCUT2D eigenvalue weighted by Crippen LogP contribution is -2.31. The van der Waals surface area contributed by atoms with Gasteiger partial charge in [0.1, 0.15) is 11.3 Å². The van der Waals surface area contributed by atoms with Crippen LogP contribution in [0.25, 0.3) is 10.2 Å². The Hall–Kier alpha value is -3.60. The van der Waals surface area contributed by atoms with E-state index in [1.165, 1.54) is 7.11 Å². The predicted octanol–water partition coefficient (Wildman–Crippen LogP) is 7.50. The van der Waals surface area contributed by atoms with Crippen molar-refractivity contribution in [3.05, 3.63) is 88.5 Å². The maximum Gasteiger partial charge on any atom is 0.416 e. The Morgan fingerprint density at radius 1 is 0.944 bits per heavy atom. The van der Waals surface area contributed by atoms with E-state index in [2.05, 4.69) is 4.98 Å². The molecule has 0 spiro atoms. The molecular weight excluding hydrogens is 506 g/mol. The number of carbonyl (C=O) groups excluding carboxylic acids is 1. The minimum atomic E-state index is -5.08. The van der Waals surface area contributed by atoms with Crippen LogP contribution < -0.4 is 9.64 Å². The van der Waals surface area contributed by atoms with Crippen LogP contribution in [0.5, 0.6) is 5.75 Å². The molecule has 4 aromatic rings. The summed E-state index contributed by atoms with van der Waals surface area (Å²) in [5.41, 5.74) is -2.03. The lowest BCUT2D eigenvalue weighted by molar-refractivity contribution is -0.143. The molecule has 1 amide bonds. The molecule has 11 heteroatoms. The fourth-order valence-electron chi connectivity index (χ4n) is 3.61. The maximum absolute atomic E-state index is 13.6. The number of alkyl halides is 6. The third kappa shape index (κ3) is 5.15. The second-order valence-corrected chi connectivity index (χ2v) is 8.91. The molecule has 0 bridgehead atoms. The number of aryl methyl sites for hydroxylation is 1. The van der Waals surface area contributed by atoms with Crippen molar-refractivity contribution in [1.29, 1.82) is 0 Å². The third-order valence-electron chi connectivity index (χ3n) is 5.41. The number of halogens is 6. The number of aromatic nitrogens is 1. The second-order valence-electron chi connectivity index (χ2n) is 7.93. The number of ether oxygens (including phenoxy) is 1. The van der Waals surface area contributed by atoms with Crippen molar-refractivity contribution in [2.45, 2.75) is 25.8 Å². The van der Waals surface area contributed by atoms with Gasteiger partial charge in [0.2, 0.25) is 0 Å². The zero-order chi connectivity index (χ0) is 26.3. The lowest BCUT2D eigenvalue weighted by Gasteiger charge is -2.21. The zero-order valence-electron chi connectivity index (χ0n) is 18.9. The van der Waals surface area contributed by atoms with E-state index in [4.69, 9.17) is 4.74 Å². The van der Waals surface area contributed by atoms with Crippen LogP contribution in [0.1, 0.15) is 32.6 Å². The Labute approximate surface area is 205 Å². The smallest absolute Gasteiger partial charge is 0.416 e. The van der Waals surface area contributed by atoms with Crippen molar-refractivity contribution in [3.8, 4) is 5.75 Å². The molecule has 36 heavy (non-hydrogen) atoms. The molecule has 188 valence electrons. The van der Waals surface area contributed by atoms with E-state index in [-0.39, 0.29) is 17.7 Å². The Kier molecular flexibility index (Phi) is 6.70. The first-order valence-corrected chi connectivity index (χ1v) is 11.3. The Bertz CT molecular complexity index is 1380. The molecule has 4 rings (SSSR count). The van der Waals surface area contributed by atoms with Gasteiger partial charge in [-0.2, -0.15) is 26.3 Å². The van der Waals surface area contributed by atoms with Gasteiger partial charge in [-0.1, -0.05) is 47.7 Å². The van der Waals surface area contributed by atoms with E-state index in [1.54, 1.807) is 42.5 Å². The second kappa shape index (κ2) is 9.45. The van der Waals surface area contributed by atoms with Crippen molar-refractivity contribution in [3.63, 3.8) is 0 Å². The molecule has 0 unspecified atom stereocenters. The third-order valence-corrected chi connectivity index (χ3v) is 6.62. The molecule has 0 atom stereocenters. The number of anilines is 1. The number of benzene rings is 3. The van der Waals surface area contributed by atoms with Crippen molar-refractivity contribution in [1.82, 2.24) is 4.98 Å². The van der Waals surface area contributed by atoms with Gasteiger partial charge in [0.25, 0.3) is 5.91 Å². The molecule has 0 aliphatic carbocycles. The molecule has 0 saturated heterocycles. The molecule has 0 fully saturated rings. The Balaban J connectivity index is 1.89. The quantitative estimate of drug-likeness (QED) is 0.254. The van der Waals surface area contributed by atoms with Gasteiger partial charge in [-0.15, -0.1) is 0 Å². The van der Waals surface area contributed by atoms with Gasteiger partial charge in [0, 0.05) is 5.56 Å². The number of fused-ring (bicyclic) bond motifs is 1. The van der Waals surface area contributed by atoms with E-state index < -0.39 is 35.0 Å². The highest BCUT2D eigenvalue weighted by Gasteiger charge is 2.38. The van der Waals surface area contributed by atoms with Crippen LogP contribution in [-0.2, 0) is 18.9 Å². The highest BCUT2D eigenvalue weighted by Crippen LogP contribution is 2.39. The summed E-state index contributed by atoms with van der Waals surface area (Å²) in [6.07, 6.45) is -10.2. The molecule has 3 aromatic carbocycles. The normalized spacial score (nSPS) is 12.1. The van der Waals surface area contributed by atoms with Gasteiger partial charge < -0.3 is 4.74 Å². The first-order valence-electron chi connectivity index (χ1n) is 10.5. The van der Waals surface area contributed by atoms with Gasteiger partial charge in [0.15, 0.2) is 5.13 Å². The van der Waals surface area contributed by atoms with E-state index in [0.717, 1.165) is 21.8 Å². The average molecular weight is 524 g/mol. The first kappa shape index (κ1) is 25.5. The fraction of sp³-hybridized carbons (Fsp3) is 0.200. The average Bonchev–Trinajstić information content (AvgIpc) is 3.28. The number of carbonyl (C=O) groups is 1. The molecule has 1 aromatic heterocycles. The van der Waals surface area contributed by atoms with E-state index in [0.29, 0.717) is 33.7 Å². The van der Waals surface area contributed by atoms with E-state index >= 15 is 0 Å². The van der Waals surface area contributed by atoms with Gasteiger partial charge >= 0.3 is 12.4 Å². The minimum absolute atomic E-state index is 0.00969. The number of methoxy groups -OCH3 is 1. The Morgan fingerprint density at radius 3 is 2.11 bits per heavy atom. The molecule has 1 heterocycles. The summed E-state index contributed by atoms with van der Waals surface area (Å²) in [5, 5.41) is 0.109. The predicted molar refractivity (Wildman–Crippen MR) is 124 cm³/mol. The van der Waals surface area contributed by atoms with Crippen LogP contribution in [-0.4, -0.2) is 18.0 Å². The van der Waals surface area contributed by atoms with Crippen molar-refractivity contribution in [2.75, 3.05) is 12.0 Å². The maximum atomic E-state index is 13.6. The zero-order valence-corrected chi connectivity index (χ0v) is 19.7. The standard InChI is InChI=1S/C25H18F6N2O2S/c1-14-8-9-19(35-2)20-21(14)36-23(32-20)33(13-15-6-4-3-5-7-15)22(34)16-10-17(24(26,27)28)12-18(11-16)25(29,30)31/h3-12H,13H2,1-2H3. The highest BCUT2D eigenvalue weighted by atomic mass is 32.1. The molecule has 0 N–H and O–H groups in total. The summed E-state index contributed by atoms with van der Waals surface area (Å²) < 4.78 is 86.5. The number of amides is 1. The number of thiazole rings is 1. The number of nitrogens with zero attached hydrogens (tertiary/aromatic N) is 2. The molecule has 0 saturated carbocycles. The molecule has 4 nitrogen and oxygen atoms in total. The monoisotopic (exact) mass is 524 g/mol. The van der Waals surface area contributed by atoms with Crippen molar-refractivity contribution < 1.29 is 35.9 Å². The fourth-order valence-corrected chi connectivity index (χ4v) is 4.65. The van der Waals surface area contributed by atoms with Gasteiger partial charge in [-0.05, 0) is 42.3 Å². The molecule has 0 aliphatic rings. The summed E-state index contributed by atoms with van der Waals surface area (Å²) in [5.74, 6) is -0.630. The van der Waals surface area contributed by atoms with Crippen LogP contribution in [0.3, 0.4) is 0 Å². The number of hydrogen-bond donors (Lipinski definition) is 0. The molecule has 0 aliphatic heterocycles. The number of hydrogen-bond acceptors (Lipinski definition) is 4. The summed E-state index contributed by atoms with van der Waals surface area (Å²) in [6.45, 7) is 1.69. The lowest BCUT2D eigenvalue weighted by atomic mass is 10.0. The van der Waals surface area contributed by atoms with Gasteiger partial charge in [-0.3, -0.25) is 9.69 Å². The van der Waals surface area contributed by atoms with E-state index in [9.17, 15) is 31.1 Å². The summed E-state index contributed by atoms with van der Waals surface area (Å²) in [7, 11) is 1.44. The summed E-state index contributed by atoms with van der Waals surface area (Å²) >= 11 is 1.09. The van der Waals surface area contributed by atoms with E-state index in [1.807, 2.05) is 6.92 Å². The van der Waals surface area contributed by atoms with Crippen LogP contribution in [0.15, 0.2) is 60.7 Å². The SMILES string of the molecule is COc1ccc(C)c2sc(N(Cc3ccccc3)C(=O)c3cc(C(F)(F)F)cc(C(F)(F)F)c3)nc12. The van der Waals surface area contributed by atoms with Crippen molar-refractivity contribution >= 4 is 32.6 Å². The minimum Gasteiger partial charge on any atom is -0.494 e. The van der Waals surface area contributed by atoms with Gasteiger partial charge in [-0.25, -0.2) is 4.98 Å². The largest absolute Gasteiger partial charge is 0.494 e. The first-order chi connectivity index (χ1) is 16.9. The molecule has 0 radical (unpaired) electrons. The molecular formula is C25H18F6N2O2S. The van der Waals surface area contributed by atoms with Crippen molar-refractivity contribution in [2.24, 2.45) is 0 Å². The summed E-state index contributed by atoms with van der Waals surface area (Å²) in [4.78, 5) is 19.1. The Morgan fingerprint density at radius 2 is 1.56 bits per heavy atom. The summed E-state index contributed by atoms with van der Waals surface area (Å²) in [6, 6.07) is 12.8.